The van der Waals surface area contributed by atoms with Crippen molar-refractivity contribution in [3.63, 3.8) is 0 Å². The number of primary amides is 1. The van der Waals surface area contributed by atoms with Gasteiger partial charge < -0.3 is 15.5 Å². The van der Waals surface area contributed by atoms with E-state index in [0.717, 1.165) is 0 Å². The minimum absolute atomic E-state index is 0.0497. The van der Waals surface area contributed by atoms with E-state index in [2.05, 4.69) is 9.71 Å². The van der Waals surface area contributed by atoms with E-state index in [1.807, 2.05) is 0 Å². The molecule has 28 heavy (non-hydrogen) atoms. The normalized spacial score (nSPS) is 11.6. The van der Waals surface area contributed by atoms with Crippen LogP contribution in [0.4, 0.5) is 0 Å². The first-order chi connectivity index (χ1) is 13.3. The third-order valence-electron chi connectivity index (χ3n) is 3.87. The van der Waals surface area contributed by atoms with Gasteiger partial charge in [0.15, 0.2) is 6.61 Å². The number of aromatic amines is 1. The van der Waals surface area contributed by atoms with Crippen molar-refractivity contribution in [2.75, 3.05) is 13.2 Å². The largest absolute Gasteiger partial charge is 0.482 e. The minimum atomic E-state index is -4.02. The fourth-order valence-corrected chi connectivity index (χ4v) is 4.08. The van der Waals surface area contributed by atoms with Gasteiger partial charge in [-0.3, -0.25) is 9.36 Å². The lowest BCUT2D eigenvalue weighted by Crippen LogP contribution is -2.30. The SMILES string of the molecule is NC(=O)COc1ccc(Cl)cc1S(=O)(=O)NCCn1c(=O)[nH]c2ccccc21. The van der Waals surface area contributed by atoms with Crippen LogP contribution in [0.1, 0.15) is 0 Å². The van der Waals surface area contributed by atoms with Crippen LogP contribution >= 0.6 is 11.6 Å². The third kappa shape index (κ3) is 4.35. The average molecular weight is 425 g/mol. The molecular formula is C17H17ClN4O5S. The van der Waals surface area contributed by atoms with Gasteiger partial charge in [0.05, 0.1) is 11.0 Å². The number of ether oxygens (including phenoxy) is 1. The monoisotopic (exact) mass is 424 g/mol. The molecule has 0 saturated carbocycles. The Balaban J connectivity index is 1.79. The highest BCUT2D eigenvalue weighted by molar-refractivity contribution is 7.89. The van der Waals surface area contributed by atoms with Gasteiger partial charge in [-0.2, -0.15) is 0 Å². The molecule has 1 heterocycles. The second kappa shape index (κ2) is 8.05. The summed E-state index contributed by atoms with van der Waals surface area (Å²) in [7, 11) is -4.02. The fourth-order valence-electron chi connectivity index (χ4n) is 2.66. The van der Waals surface area contributed by atoms with Gasteiger partial charge >= 0.3 is 5.69 Å². The number of carbonyl (C=O) groups is 1. The highest BCUT2D eigenvalue weighted by Gasteiger charge is 2.21. The average Bonchev–Trinajstić information content (AvgIpc) is 2.96. The first kappa shape index (κ1) is 19.9. The highest BCUT2D eigenvalue weighted by Crippen LogP contribution is 2.27. The Hall–Kier alpha value is -2.82. The lowest BCUT2D eigenvalue weighted by Gasteiger charge is -2.12. The molecule has 148 valence electrons. The molecule has 0 bridgehead atoms. The van der Waals surface area contributed by atoms with E-state index >= 15 is 0 Å². The predicted octanol–water partition coefficient (Wildman–Crippen LogP) is 0.826. The summed E-state index contributed by atoms with van der Waals surface area (Å²) in [6.07, 6.45) is 0. The number of imidazole rings is 1. The summed E-state index contributed by atoms with van der Waals surface area (Å²) in [5.41, 5.74) is 6.02. The van der Waals surface area contributed by atoms with Gasteiger partial charge in [0.2, 0.25) is 10.0 Å². The Morgan fingerprint density at radius 2 is 2.00 bits per heavy atom. The molecule has 0 spiro atoms. The quantitative estimate of drug-likeness (QED) is 0.492. The zero-order chi connectivity index (χ0) is 20.3. The van der Waals surface area contributed by atoms with Gasteiger partial charge in [-0.1, -0.05) is 23.7 Å². The number of carbonyl (C=O) groups excluding carboxylic acids is 1. The van der Waals surface area contributed by atoms with Crippen LogP contribution in [0.25, 0.3) is 11.0 Å². The van der Waals surface area contributed by atoms with Crippen LogP contribution in [0, 0.1) is 0 Å². The zero-order valence-electron chi connectivity index (χ0n) is 14.5. The number of H-pyrrole nitrogens is 1. The van der Waals surface area contributed by atoms with E-state index in [9.17, 15) is 18.0 Å². The summed E-state index contributed by atoms with van der Waals surface area (Å²) in [5.74, 6) is -0.801. The molecule has 0 atom stereocenters. The van der Waals surface area contributed by atoms with Crippen molar-refractivity contribution in [2.24, 2.45) is 5.73 Å². The Morgan fingerprint density at radius 1 is 1.25 bits per heavy atom. The fraction of sp³-hybridized carbons (Fsp3) is 0.176. The number of nitrogens with zero attached hydrogens (tertiary/aromatic N) is 1. The molecule has 0 radical (unpaired) electrons. The van der Waals surface area contributed by atoms with Crippen molar-refractivity contribution >= 4 is 38.6 Å². The number of rotatable bonds is 8. The molecule has 11 heteroatoms. The second-order valence-electron chi connectivity index (χ2n) is 5.84. The molecule has 1 aromatic heterocycles. The second-order valence-corrected chi connectivity index (χ2v) is 8.01. The molecule has 3 aromatic rings. The number of hydrogen-bond acceptors (Lipinski definition) is 5. The molecule has 4 N–H and O–H groups in total. The van der Waals surface area contributed by atoms with Crippen LogP contribution in [0.15, 0.2) is 52.2 Å². The van der Waals surface area contributed by atoms with E-state index in [0.29, 0.717) is 11.0 Å². The van der Waals surface area contributed by atoms with Crippen molar-refractivity contribution in [1.82, 2.24) is 14.3 Å². The Bertz CT molecular complexity index is 1190. The van der Waals surface area contributed by atoms with Gasteiger partial charge in [0, 0.05) is 18.1 Å². The van der Waals surface area contributed by atoms with E-state index < -0.39 is 22.5 Å². The molecule has 0 fully saturated rings. The maximum absolute atomic E-state index is 12.7. The van der Waals surface area contributed by atoms with Crippen LogP contribution in [0.5, 0.6) is 5.75 Å². The van der Waals surface area contributed by atoms with Crippen molar-refractivity contribution in [2.45, 2.75) is 11.4 Å². The highest BCUT2D eigenvalue weighted by atomic mass is 35.5. The van der Waals surface area contributed by atoms with E-state index in [1.54, 1.807) is 24.3 Å². The van der Waals surface area contributed by atoms with Gasteiger partial charge in [0.1, 0.15) is 10.6 Å². The number of nitrogens with one attached hydrogen (secondary N) is 2. The summed E-state index contributed by atoms with van der Waals surface area (Å²) in [5, 5.41) is 0.180. The first-order valence-corrected chi connectivity index (χ1v) is 10.0. The van der Waals surface area contributed by atoms with Crippen LogP contribution in [-0.4, -0.2) is 37.0 Å². The summed E-state index contributed by atoms with van der Waals surface area (Å²) in [4.78, 5) is 25.4. The minimum Gasteiger partial charge on any atom is -0.482 e. The van der Waals surface area contributed by atoms with Crippen LogP contribution in [0.2, 0.25) is 5.02 Å². The first-order valence-electron chi connectivity index (χ1n) is 8.16. The van der Waals surface area contributed by atoms with Gasteiger partial charge in [-0.25, -0.2) is 17.9 Å². The number of aromatic nitrogens is 2. The van der Waals surface area contributed by atoms with Gasteiger partial charge in [-0.05, 0) is 30.3 Å². The number of nitrogens with two attached hydrogens (primary N) is 1. The molecule has 0 aliphatic carbocycles. The molecule has 3 rings (SSSR count). The number of amides is 1. The van der Waals surface area contributed by atoms with Crippen molar-refractivity contribution < 1.29 is 17.9 Å². The zero-order valence-corrected chi connectivity index (χ0v) is 16.1. The number of sulfonamides is 1. The lowest BCUT2D eigenvalue weighted by atomic mass is 10.3. The lowest BCUT2D eigenvalue weighted by molar-refractivity contribution is -0.120. The van der Waals surface area contributed by atoms with Crippen molar-refractivity contribution in [3.8, 4) is 5.75 Å². The Kier molecular flexibility index (Phi) is 5.73. The Morgan fingerprint density at radius 3 is 2.75 bits per heavy atom. The summed E-state index contributed by atoms with van der Waals surface area (Å²) in [6, 6.07) is 11.1. The van der Waals surface area contributed by atoms with Crippen LogP contribution in [0.3, 0.4) is 0 Å². The molecule has 0 unspecified atom stereocenters. The third-order valence-corrected chi connectivity index (χ3v) is 5.59. The maximum atomic E-state index is 12.7. The summed E-state index contributed by atoms with van der Waals surface area (Å²) >= 11 is 5.90. The number of fused-ring (bicyclic) bond motifs is 1. The van der Waals surface area contributed by atoms with Crippen LogP contribution < -0.4 is 20.9 Å². The number of para-hydroxylation sites is 2. The smallest absolute Gasteiger partial charge is 0.326 e. The molecule has 1 amide bonds. The van der Waals surface area contributed by atoms with E-state index in [-0.39, 0.29) is 34.4 Å². The van der Waals surface area contributed by atoms with Crippen molar-refractivity contribution in [3.05, 3.63) is 58.0 Å². The number of hydrogen-bond donors (Lipinski definition) is 3. The van der Waals surface area contributed by atoms with E-state index in [4.69, 9.17) is 22.1 Å². The topological polar surface area (TPSA) is 136 Å². The maximum Gasteiger partial charge on any atom is 0.326 e. The Labute approximate surface area is 165 Å². The molecule has 0 aliphatic rings. The van der Waals surface area contributed by atoms with Crippen molar-refractivity contribution in [1.29, 1.82) is 0 Å². The summed E-state index contributed by atoms with van der Waals surface area (Å²) in [6.45, 7) is -0.416. The van der Waals surface area contributed by atoms with E-state index in [1.165, 1.54) is 22.8 Å². The standard InChI is InChI=1S/C17H17ClN4O5S/c18-11-5-6-14(27-10-16(19)23)15(9-11)28(25,26)20-7-8-22-13-4-2-1-3-12(13)21-17(22)24/h1-6,9,20H,7-8,10H2,(H2,19,23)(H,21,24). The predicted molar refractivity (Wildman–Crippen MR) is 104 cm³/mol. The van der Waals surface area contributed by atoms with Crippen LogP contribution in [-0.2, 0) is 21.4 Å². The molecular weight excluding hydrogens is 408 g/mol. The van der Waals surface area contributed by atoms with Gasteiger partial charge in [0.25, 0.3) is 5.91 Å². The number of halogens is 1. The molecule has 0 saturated heterocycles. The molecule has 2 aromatic carbocycles. The van der Waals surface area contributed by atoms with Gasteiger partial charge in [-0.15, -0.1) is 0 Å². The number of benzene rings is 2. The summed E-state index contributed by atoms with van der Waals surface area (Å²) < 4.78 is 34.3. The molecule has 0 aliphatic heterocycles. The molecule has 9 nitrogen and oxygen atoms in total.